The molecular formula is C12H20N4. The minimum absolute atomic E-state index is 0.463. The number of hydrogen-bond acceptors (Lipinski definition) is 4. The van der Waals surface area contributed by atoms with Crippen molar-refractivity contribution >= 4 is 5.82 Å². The molecule has 1 aliphatic carbocycles. The van der Waals surface area contributed by atoms with Crippen LogP contribution in [0.2, 0.25) is 0 Å². The number of nitrogens with two attached hydrogens (primary N) is 1. The number of rotatable bonds is 5. The van der Waals surface area contributed by atoms with Crippen molar-refractivity contribution in [3.63, 3.8) is 0 Å². The number of aromatic nitrogens is 2. The minimum Gasteiger partial charge on any atom is -0.352 e. The molecule has 1 saturated carbocycles. The van der Waals surface area contributed by atoms with Gasteiger partial charge in [-0.15, -0.1) is 0 Å². The summed E-state index contributed by atoms with van der Waals surface area (Å²) in [6.07, 6.45) is 6.01. The molecule has 0 saturated heterocycles. The molecule has 0 aromatic carbocycles. The summed E-state index contributed by atoms with van der Waals surface area (Å²) >= 11 is 0. The van der Waals surface area contributed by atoms with E-state index in [1.54, 1.807) is 12.4 Å². The average Bonchev–Trinajstić information content (AvgIpc) is 3.09. The first-order valence-corrected chi connectivity index (χ1v) is 5.99. The molecule has 16 heavy (non-hydrogen) atoms. The maximum Gasteiger partial charge on any atom is 0.151 e. The van der Waals surface area contributed by atoms with E-state index in [0.717, 1.165) is 18.1 Å². The van der Waals surface area contributed by atoms with E-state index in [-0.39, 0.29) is 0 Å². The standard InChI is InChI=1S/C12H20N4/c1-9(2)8-16(10-3-4-10)12-11(7-13)14-5-6-15-12/h5-6,9-10H,3-4,7-8,13H2,1-2H3. The van der Waals surface area contributed by atoms with Crippen molar-refractivity contribution in [1.29, 1.82) is 0 Å². The molecule has 4 heteroatoms. The number of nitrogens with zero attached hydrogens (tertiary/aromatic N) is 3. The molecule has 0 bridgehead atoms. The molecule has 1 fully saturated rings. The van der Waals surface area contributed by atoms with Crippen LogP contribution in [0.3, 0.4) is 0 Å². The van der Waals surface area contributed by atoms with Crippen LogP contribution >= 0.6 is 0 Å². The fourth-order valence-electron chi connectivity index (χ4n) is 1.93. The zero-order valence-electron chi connectivity index (χ0n) is 10.1. The Morgan fingerprint density at radius 3 is 2.62 bits per heavy atom. The quantitative estimate of drug-likeness (QED) is 0.818. The van der Waals surface area contributed by atoms with Gasteiger partial charge in [0, 0.05) is 31.5 Å². The second kappa shape index (κ2) is 4.78. The van der Waals surface area contributed by atoms with Gasteiger partial charge in [-0.3, -0.25) is 4.98 Å². The fourth-order valence-corrected chi connectivity index (χ4v) is 1.93. The third-order valence-corrected chi connectivity index (χ3v) is 2.77. The van der Waals surface area contributed by atoms with Crippen LogP contribution in [0.15, 0.2) is 12.4 Å². The van der Waals surface area contributed by atoms with Crippen LogP contribution in [-0.4, -0.2) is 22.6 Å². The van der Waals surface area contributed by atoms with Gasteiger partial charge < -0.3 is 10.6 Å². The van der Waals surface area contributed by atoms with Crippen molar-refractivity contribution < 1.29 is 0 Å². The molecule has 1 aromatic rings. The van der Waals surface area contributed by atoms with E-state index >= 15 is 0 Å². The summed E-state index contributed by atoms with van der Waals surface area (Å²) in [5.74, 6) is 1.62. The minimum atomic E-state index is 0.463. The van der Waals surface area contributed by atoms with Crippen LogP contribution in [0.25, 0.3) is 0 Å². The molecule has 4 nitrogen and oxygen atoms in total. The van der Waals surface area contributed by atoms with Gasteiger partial charge in [-0.05, 0) is 18.8 Å². The van der Waals surface area contributed by atoms with E-state index in [4.69, 9.17) is 5.73 Å². The number of hydrogen-bond donors (Lipinski definition) is 1. The van der Waals surface area contributed by atoms with Crippen LogP contribution in [-0.2, 0) is 6.54 Å². The maximum absolute atomic E-state index is 5.71. The highest BCUT2D eigenvalue weighted by Gasteiger charge is 2.31. The molecule has 0 atom stereocenters. The zero-order chi connectivity index (χ0) is 11.5. The summed E-state index contributed by atoms with van der Waals surface area (Å²) in [6.45, 7) is 5.96. The Kier molecular flexibility index (Phi) is 3.39. The third kappa shape index (κ3) is 2.50. The molecule has 2 rings (SSSR count). The molecule has 0 radical (unpaired) electrons. The van der Waals surface area contributed by atoms with E-state index in [0.29, 0.717) is 18.5 Å². The summed E-state index contributed by atoms with van der Waals surface area (Å²) < 4.78 is 0. The smallest absolute Gasteiger partial charge is 0.151 e. The summed E-state index contributed by atoms with van der Waals surface area (Å²) in [6, 6.07) is 0.657. The lowest BCUT2D eigenvalue weighted by Crippen LogP contribution is -2.32. The van der Waals surface area contributed by atoms with Gasteiger partial charge in [0.15, 0.2) is 5.82 Å². The van der Waals surface area contributed by atoms with Gasteiger partial charge in [-0.1, -0.05) is 13.8 Å². The van der Waals surface area contributed by atoms with Crippen LogP contribution in [0.1, 0.15) is 32.4 Å². The Hall–Kier alpha value is -1.16. The molecule has 88 valence electrons. The van der Waals surface area contributed by atoms with Gasteiger partial charge in [0.05, 0.1) is 5.69 Å². The molecule has 0 amide bonds. The van der Waals surface area contributed by atoms with E-state index in [9.17, 15) is 0 Å². The molecule has 0 aliphatic heterocycles. The Balaban J connectivity index is 2.23. The van der Waals surface area contributed by atoms with Crippen LogP contribution < -0.4 is 10.6 Å². The van der Waals surface area contributed by atoms with Gasteiger partial charge in [0.2, 0.25) is 0 Å². The summed E-state index contributed by atoms with van der Waals surface area (Å²) in [5, 5.41) is 0. The van der Waals surface area contributed by atoms with E-state index < -0.39 is 0 Å². The second-order valence-electron chi connectivity index (χ2n) is 4.81. The van der Waals surface area contributed by atoms with Crippen LogP contribution in [0.5, 0.6) is 0 Å². The van der Waals surface area contributed by atoms with Crippen molar-refractivity contribution in [3.8, 4) is 0 Å². The fraction of sp³-hybridized carbons (Fsp3) is 0.667. The molecule has 0 unspecified atom stereocenters. The Morgan fingerprint density at radius 2 is 2.06 bits per heavy atom. The highest BCUT2D eigenvalue weighted by Crippen LogP contribution is 2.32. The van der Waals surface area contributed by atoms with Gasteiger partial charge >= 0.3 is 0 Å². The monoisotopic (exact) mass is 220 g/mol. The van der Waals surface area contributed by atoms with Crippen LogP contribution in [0, 0.1) is 5.92 Å². The predicted octanol–water partition coefficient (Wildman–Crippen LogP) is 1.56. The number of anilines is 1. The first-order chi connectivity index (χ1) is 7.72. The molecule has 0 spiro atoms. The third-order valence-electron chi connectivity index (χ3n) is 2.77. The Bertz CT molecular complexity index is 347. The predicted molar refractivity (Wildman–Crippen MR) is 65.1 cm³/mol. The van der Waals surface area contributed by atoms with Crippen molar-refractivity contribution in [3.05, 3.63) is 18.1 Å². The highest BCUT2D eigenvalue weighted by molar-refractivity contribution is 5.45. The normalized spacial score (nSPS) is 15.5. The maximum atomic E-state index is 5.71. The van der Waals surface area contributed by atoms with E-state index in [1.165, 1.54) is 12.8 Å². The van der Waals surface area contributed by atoms with Crippen molar-refractivity contribution in [2.45, 2.75) is 39.3 Å². The summed E-state index contributed by atoms with van der Waals surface area (Å²) in [5.41, 5.74) is 6.62. The van der Waals surface area contributed by atoms with Crippen molar-refractivity contribution in [2.24, 2.45) is 11.7 Å². The Labute approximate surface area is 96.9 Å². The molecule has 1 aromatic heterocycles. The van der Waals surface area contributed by atoms with E-state index in [1.807, 2.05) is 0 Å². The topological polar surface area (TPSA) is 55.0 Å². The zero-order valence-corrected chi connectivity index (χ0v) is 10.1. The second-order valence-corrected chi connectivity index (χ2v) is 4.81. The SMILES string of the molecule is CC(C)CN(c1nccnc1CN)C1CC1. The van der Waals surface area contributed by atoms with Crippen LogP contribution in [0.4, 0.5) is 5.82 Å². The molecule has 1 aliphatic rings. The molecule has 2 N–H and O–H groups in total. The first-order valence-electron chi connectivity index (χ1n) is 5.99. The van der Waals surface area contributed by atoms with Gasteiger partial charge in [0.25, 0.3) is 0 Å². The van der Waals surface area contributed by atoms with E-state index in [2.05, 4.69) is 28.7 Å². The highest BCUT2D eigenvalue weighted by atomic mass is 15.2. The van der Waals surface area contributed by atoms with Gasteiger partial charge in [0.1, 0.15) is 0 Å². The van der Waals surface area contributed by atoms with Gasteiger partial charge in [-0.2, -0.15) is 0 Å². The largest absolute Gasteiger partial charge is 0.352 e. The van der Waals surface area contributed by atoms with Gasteiger partial charge in [-0.25, -0.2) is 4.98 Å². The summed E-state index contributed by atoms with van der Waals surface area (Å²) in [4.78, 5) is 11.1. The lowest BCUT2D eigenvalue weighted by Gasteiger charge is -2.26. The van der Waals surface area contributed by atoms with Crippen molar-refractivity contribution in [2.75, 3.05) is 11.4 Å². The first kappa shape index (κ1) is 11.3. The average molecular weight is 220 g/mol. The summed E-state index contributed by atoms with van der Waals surface area (Å²) in [7, 11) is 0. The lowest BCUT2D eigenvalue weighted by atomic mass is 10.2. The Morgan fingerprint density at radius 1 is 1.38 bits per heavy atom. The molecular weight excluding hydrogens is 200 g/mol. The molecule has 1 heterocycles. The lowest BCUT2D eigenvalue weighted by molar-refractivity contribution is 0.599. The van der Waals surface area contributed by atoms with Crippen molar-refractivity contribution in [1.82, 2.24) is 9.97 Å².